The number of carbonyl (C=O) groups excluding carboxylic acids is 1. The summed E-state index contributed by atoms with van der Waals surface area (Å²) in [7, 11) is 0. The normalized spacial score (nSPS) is 15.4. The van der Waals surface area contributed by atoms with Gasteiger partial charge >= 0.3 is 0 Å². The zero-order valence-corrected chi connectivity index (χ0v) is 11.8. The first kappa shape index (κ1) is 14.9. The number of aliphatic hydroxyl groups excluding tert-OH is 1. The second-order valence-electron chi connectivity index (χ2n) is 5.38. The molecule has 0 radical (unpaired) electrons. The van der Waals surface area contributed by atoms with Crippen LogP contribution in [0.25, 0.3) is 0 Å². The van der Waals surface area contributed by atoms with Crippen LogP contribution < -0.4 is 0 Å². The van der Waals surface area contributed by atoms with E-state index in [1.807, 2.05) is 17.0 Å². The van der Waals surface area contributed by atoms with Gasteiger partial charge in [-0.2, -0.15) is 0 Å². The van der Waals surface area contributed by atoms with Gasteiger partial charge in [0.25, 0.3) is 0 Å². The van der Waals surface area contributed by atoms with Crippen molar-refractivity contribution in [2.75, 3.05) is 13.2 Å². The molecule has 1 aromatic rings. The predicted octanol–water partition coefficient (Wildman–Crippen LogP) is 2.09. The van der Waals surface area contributed by atoms with Crippen molar-refractivity contribution < 1.29 is 15.0 Å². The van der Waals surface area contributed by atoms with Crippen LogP contribution in [-0.4, -0.2) is 40.2 Å². The maximum Gasteiger partial charge on any atom is 0.223 e. The molecule has 1 aliphatic rings. The molecule has 0 heterocycles. The van der Waals surface area contributed by atoms with E-state index in [9.17, 15) is 9.90 Å². The summed E-state index contributed by atoms with van der Waals surface area (Å²) in [6, 6.07) is 7.41. The molecule has 2 N–H and O–H groups in total. The minimum absolute atomic E-state index is 0.0127. The fourth-order valence-corrected chi connectivity index (χ4v) is 2.94. The van der Waals surface area contributed by atoms with E-state index in [1.54, 1.807) is 12.1 Å². The summed E-state index contributed by atoms with van der Waals surface area (Å²) in [5.74, 6) is 0.323. The number of para-hydroxylation sites is 1. The predicted molar refractivity (Wildman–Crippen MR) is 77.5 cm³/mol. The number of rotatable bonds is 6. The molecule has 1 fully saturated rings. The Morgan fingerprint density at radius 1 is 1.25 bits per heavy atom. The third kappa shape index (κ3) is 3.73. The molecule has 0 bridgehead atoms. The highest BCUT2D eigenvalue weighted by Gasteiger charge is 2.25. The van der Waals surface area contributed by atoms with Gasteiger partial charge in [-0.15, -0.1) is 0 Å². The Hall–Kier alpha value is -1.55. The maximum absolute atomic E-state index is 12.3. The number of benzene rings is 1. The largest absolute Gasteiger partial charge is 0.508 e. The highest BCUT2D eigenvalue weighted by Crippen LogP contribution is 2.24. The molecule has 1 aliphatic carbocycles. The topological polar surface area (TPSA) is 60.8 Å². The number of amides is 1. The second-order valence-corrected chi connectivity index (χ2v) is 5.38. The molecule has 1 amide bonds. The van der Waals surface area contributed by atoms with Crippen LogP contribution in [0, 0.1) is 0 Å². The standard InChI is InChI=1S/C16H23NO3/c18-12-11-17(14-6-2-3-7-14)16(20)10-9-13-5-1-4-8-15(13)19/h1,4-5,8,14,18-19H,2-3,6-7,9-12H2. The minimum atomic E-state index is 0.0127. The van der Waals surface area contributed by atoms with Crippen LogP contribution in [0.15, 0.2) is 24.3 Å². The van der Waals surface area contributed by atoms with Gasteiger partial charge in [0.05, 0.1) is 6.61 Å². The van der Waals surface area contributed by atoms with Gasteiger partial charge in [0.1, 0.15) is 5.75 Å². The number of aromatic hydroxyl groups is 1. The van der Waals surface area contributed by atoms with E-state index in [4.69, 9.17) is 5.11 Å². The highest BCUT2D eigenvalue weighted by molar-refractivity contribution is 5.77. The molecule has 1 aromatic carbocycles. The fraction of sp³-hybridized carbons (Fsp3) is 0.562. The average Bonchev–Trinajstić information content (AvgIpc) is 2.97. The number of aliphatic hydroxyl groups is 1. The molecule has 4 nitrogen and oxygen atoms in total. The summed E-state index contributed by atoms with van der Waals surface area (Å²) in [5.41, 5.74) is 0.802. The summed E-state index contributed by atoms with van der Waals surface area (Å²) in [6.07, 6.45) is 5.34. The van der Waals surface area contributed by atoms with Gasteiger partial charge in [0.2, 0.25) is 5.91 Å². The summed E-state index contributed by atoms with van der Waals surface area (Å²) in [5, 5.41) is 18.9. The van der Waals surface area contributed by atoms with Crippen molar-refractivity contribution in [2.24, 2.45) is 0 Å². The second kappa shape index (κ2) is 7.29. The molecule has 110 valence electrons. The number of nitrogens with zero attached hydrogens (tertiary/aromatic N) is 1. The van der Waals surface area contributed by atoms with Crippen LogP contribution in [0.1, 0.15) is 37.7 Å². The van der Waals surface area contributed by atoms with E-state index in [0.29, 0.717) is 25.4 Å². The lowest BCUT2D eigenvalue weighted by Crippen LogP contribution is -2.40. The van der Waals surface area contributed by atoms with Gasteiger partial charge in [-0.05, 0) is 30.9 Å². The zero-order valence-electron chi connectivity index (χ0n) is 11.8. The van der Waals surface area contributed by atoms with Crippen LogP contribution >= 0.6 is 0 Å². The summed E-state index contributed by atoms with van der Waals surface area (Å²) in [6.45, 7) is 0.434. The van der Waals surface area contributed by atoms with E-state index in [1.165, 1.54) is 12.8 Å². The molecular formula is C16H23NO3. The number of hydrogen-bond donors (Lipinski definition) is 2. The van der Waals surface area contributed by atoms with Crippen molar-refractivity contribution >= 4 is 5.91 Å². The smallest absolute Gasteiger partial charge is 0.223 e. The van der Waals surface area contributed by atoms with Crippen LogP contribution in [0.5, 0.6) is 5.75 Å². The van der Waals surface area contributed by atoms with Crippen LogP contribution in [-0.2, 0) is 11.2 Å². The van der Waals surface area contributed by atoms with Gasteiger partial charge in [-0.25, -0.2) is 0 Å². The van der Waals surface area contributed by atoms with Crippen LogP contribution in [0.4, 0.5) is 0 Å². The molecule has 1 saturated carbocycles. The third-order valence-electron chi connectivity index (χ3n) is 4.03. The van der Waals surface area contributed by atoms with E-state index >= 15 is 0 Å². The lowest BCUT2D eigenvalue weighted by molar-refractivity contribution is -0.134. The van der Waals surface area contributed by atoms with Crippen molar-refractivity contribution in [1.29, 1.82) is 0 Å². The number of aryl methyl sites for hydroxylation is 1. The van der Waals surface area contributed by atoms with Crippen molar-refractivity contribution in [3.05, 3.63) is 29.8 Å². The van der Waals surface area contributed by atoms with Crippen LogP contribution in [0.2, 0.25) is 0 Å². The lowest BCUT2D eigenvalue weighted by Gasteiger charge is -2.28. The van der Waals surface area contributed by atoms with Crippen molar-refractivity contribution in [1.82, 2.24) is 4.90 Å². The Morgan fingerprint density at radius 2 is 1.95 bits per heavy atom. The Kier molecular flexibility index (Phi) is 5.41. The van der Waals surface area contributed by atoms with Gasteiger partial charge in [0.15, 0.2) is 0 Å². The zero-order chi connectivity index (χ0) is 14.4. The van der Waals surface area contributed by atoms with E-state index < -0.39 is 0 Å². The molecule has 2 rings (SSSR count). The number of phenols is 1. The number of hydrogen-bond acceptors (Lipinski definition) is 3. The van der Waals surface area contributed by atoms with E-state index in [-0.39, 0.29) is 18.3 Å². The average molecular weight is 277 g/mol. The first-order valence-electron chi connectivity index (χ1n) is 7.39. The quantitative estimate of drug-likeness (QED) is 0.837. The SMILES string of the molecule is O=C(CCc1ccccc1O)N(CCO)C1CCCC1. The Labute approximate surface area is 120 Å². The van der Waals surface area contributed by atoms with Gasteiger partial charge in [-0.1, -0.05) is 31.0 Å². The minimum Gasteiger partial charge on any atom is -0.508 e. The molecule has 20 heavy (non-hydrogen) atoms. The fourth-order valence-electron chi connectivity index (χ4n) is 2.94. The Morgan fingerprint density at radius 3 is 2.60 bits per heavy atom. The van der Waals surface area contributed by atoms with E-state index in [2.05, 4.69) is 0 Å². The Balaban J connectivity index is 1.93. The summed E-state index contributed by atoms with van der Waals surface area (Å²) in [4.78, 5) is 14.2. The molecular weight excluding hydrogens is 254 g/mol. The maximum atomic E-state index is 12.3. The number of carbonyl (C=O) groups is 1. The van der Waals surface area contributed by atoms with E-state index in [0.717, 1.165) is 18.4 Å². The molecule has 0 spiro atoms. The Bertz CT molecular complexity index is 441. The lowest BCUT2D eigenvalue weighted by atomic mass is 10.1. The van der Waals surface area contributed by atoms with Crippen LogP contribution in [0.3, 0.4) is 0 Å². The van der Waals surface area contributed by atoms with Gasteiger partial charge in [0, 0.05) is 19.0 Å². The van der Waals surface area contributed by atoms with Crippen molar-refractivity contribution in [3.63, 3.8) is 0 Å². The summed E-state index contributed by atoms with van der Waals surface area (Å²) < 4.78 is 0. The molecule has 0 aliphatic heterocycles. The van der Waals surface area contributed by atoms with Gasteiger partial charge in [-0.3, -0.25) is 4.79 Å². The summed E-state index contributed by atoms with van der Waals surface area (Å²) >= 11 is 0. The molecule has 0 unspecified atom stereocenters. The molecule has 4 heteroatoms. The first-order chi connectivity index (χ1) is 9.72. The van der Waals surface area contributed by atoms with Crippen molar-refractivity contribution in [2.45, 2.75) is 44.6 Å². The monoisotopic (exact) mass is 277 g/mol. The molecule has 0 atom stereocenters. The third-order valence-corrected chi connectivity index (χ3v) is 4.03. The number of phenolic OH excluding ortho intramolecular Hbond substituents is 1. The first-order valence-corrected chi connectivity index (χ1v) is 7.39. The van der Waals surface area contributed by atoms with Crippen molar-refractivity contribution in [3.8, 4) is 5.75 Å². The molecule has 0 saturated heterocycles. The van der Waals surface area contributed by atoms with Gasteiger partial charge < -0.3 is 15.1 Å². The molecule has 0 aromatic heterocycles. The highest BCUT2D eigenvalue weighted by atomic mass is 16.3.